The zero-order chi connectivity index (χ0) is 21.1. The quantitative estimate of drug-likeness (QED) is 0.586. The standard InChI is InChI=1S/C22H21N3O3S2/c1-14-4-5-17(10-19(14)25-7-2-3-20(25)26)24-22(28)21(27)23-11-18-9-16(13-30-18)15-6-8-29-12-15/h4-6,8-10,12-13H,2-3,7,11H2,1H3,(H,23,27)(H,24,28). The summed E-state index contributed by atoms with van der Waals surface area (Å²) in [5, 5.41) is 11.4. The lowest BCUT2D eigenvalue weighted by Crippen LogP contribution is -2.34. The van der Waals surface area contributed by atoms with Gasteiger partial charge in [-0.05, 0) is 70.4 Å². The van der Waals surface area contributed by atoms with Crippen molar-refractivity contribution in [2.24, 2.45) is 0 Å². The van der Waals surface area contributed by atoms with Crippen LogP contribution in [0.25, 0.3) is 11.1 Å². The Morgan fingerprint density at radius 2 is 1.97 bits per heavy atom. The number of aryl methyl sites for hydroxylation is 1. The van der Waals surface area contributed by atoms with Gasteiger partial charge in [-0.25, -0.2) is 0 Å². The Bertz CT molecular complexity index is 1090. The smallest absolute Gasteiger partial charge is 0.313 e. The van der Waals surface area contributed by atoms with Crippen molar-refractivity contribution < 1.29 is 14.4 Å². The molecule has 154 valence electrons. The second-order valence-electron chi connectivity index (χ2n) is 7.10. The number of nitrogens with one attached hydrogen (secondary N) is 2. The molecule has 0 radical (unpaired) electrons. The van der Waals surface area contributed by atoms with Crippen LogP contribution in [0.1, 0.15) is 23.3 Å². The molecule has 2 aromatic heterocycles. The van der Waals surface area contributed by atoms with E-state index < -0.39 is 11.8 Å². The van der Waals surface area contributed by atoms with Crippen LogP contribution in [0.2, 0.25) is 0 Å². The molecule has 3 amide bonds. The van der Waals surface area contributed by atoms with Crippen LogP contribution in [-0.4, -0.2) is 24.3 Å². The van der Waals surface area contributed by atoms with Gasteiger partial charge in [-0.15, -0.1) is 11.3 Å². The highest BCUT2D eigenvalue weighted by Gasteiger charge is 2.23. The lowest BCUT2D eigenvalue weighted by molar-refractivity contribution is -0.136. The molecule has 0 aliphatic carbocycles. The van der Waals surface area contributed by atoms with Gasteiger partial charge in [0.25, 0.3) is 0 Å². The Morgan fingerprint density at radius 3 is 2.70 bits per heavy atom. The molecular formula is C22H21N3O3S2. The fourth-order valence-corrected chi connectivity index (χ4v) is 4.87. The van der Waals surface area contributed by atoms with Crippen molar-refractivity contribution in [3.63, 3.8) is 0 Å². The first kappa shape index (κ1) is 20.3. The Morgan fingerprint density at radius 1 is 1.10 bits per heavy atom. The van der Waals surface area contributed by atoms with Gasteiger partial charge in [-0.2, -0.15) is 11.3 Å². The van der Waals surface area contributed by atoms with E-state index in [0.29, 0.717) is 25.2 Å². The second-order valence-corrected chi connectivity index (χ2v) is 8.88. The van der Waals surface area contributed by atoms with Crippen LogP contribution in [0.5, 0.6) is 0 Å². The number of hydrogen-bond acceptors (Lipinski definition) is 5. The topological polar surface area (TPSA) is 78.5 Å². The van der Waals surface area contributed by atoms with Crippen LogP contribution < -0.4 is 15.5 Å². The van der Waals surface area contributed by atoms with Crippen LogP contribution in [0.3, 0.4) is 0 Å². The maximum absolute atomic E-state index is 12.3. The third-order valence-electron chi connectivity index (χ3n) is 4.97. The minimum atomic E-state index is -0.729. The van der Waals surface area contributed by atoms with Gasteiger partial charge in [0.05, 0.1) is 6.54 Å². The molecule has 0 bridgehead atoms. The van der Waals surface area contributed by atoms with Gasteiger partial charge in [0.15, 0.2) is 0 Å². The Hall–Kier alpha value is -2.97. The number of thiophene rings is 2. The van der Waals surface area contributed by atoms with E-state index in [-0.39, 0.29) is 5.91 Å². The number of hydrogen-bond donors (Lipinski definition) is 2. The SMILES string of the molecule is Cc1ccc(NC(=O)C(=O)NCc2cc(-c3ccsc3)cs2)cc1N1CCCC1=O. The Balaban J connectivity index is 1.36. The van der Waals surface area contributed by atoms with Crippen LogP contribution in [0, 0.1) is 6.92 Å². The molecule has 1 fully saturated rings. The van der Waals surface area contributed by atoms with Crippen molar-refractivity contribution in [1.29, 1.82) is 0 Å². The zero-order valence-electron chi connectivity index (χ0n) is 16.4. The highest BCUT2D eigenvalue weighted by molar-refractivity contribution is 7.10. The first-order chi connectivity index (χ1) is 14.5. The van der Waals surface area contributed by atoms with Crippen LogP contribution >= 0.6 is 22.7 Å². The normalized spacial score (nSPS) is 13.5. The monoisotopic (exact) mass is 439 g/mol. The molecule has 1 aromatic carbocycles. The molecule has 6 nitrogen and oxygen atoms in total. The maximum Gasteiger partial charge on any atom is 0.313 e. The number of rotatable bonds is 5. The highest BCUT2D eigenvalue weighted by atomic mass is 32.1. The summed E-state index contributed by atoms with van der Waals surface area (Å²) >= 11 is 3.18. The summed E-state index contributed by atoms with van der Waals surface area (Å²) in [6, 6.07) is 9.39. The highest BCUT2D eigenvalue weighted by Crippen LogP contribution is 2.29. The third kappa shape index (κ3) is 4.44. The minimum Gasteiger partial charge on any atom is -0.343 e. The fraction of sp³-hybridized carbons (Fsp3) is 0.227. The molecule has 4 rings (SSSR count). The molecule has 3 aromatic rings. The minimum absolute atomic E-state index is 0.0806. The predicted octanol–water partition coefficient (Wildman–Crippen LogP) is 4.17. The summed E-state index contributed by atoms with van der Waals surface area (Å²) in [6.07, 6.45) is 1.36. The van der Waals surface area contributed by atoms with E-state index in [2.05, 4.69) is 16.0 Å². The molecule has 1 aliphatic rings. The molecule has 1 saturated heterocycles. The molecule has 0 spiro atoms. The van der Waals surface area contributed by atoms with Crippen molar-refractivity contribution in [2.75, 3.05) is 16.8 Å². The molecule has 0 saturated carbocycles. The van der Waals surface area contributed by atoms with E-state index in [1.54, 1.807) is 39.7 Å². The summed E-state index contributed by atoms with van der Waals surface area (Å²) in [6.45, 7) is 2.89. The van der Waals surface area contributed by atoms with Crippen LogP contribution in [0.4, 0.5) is 11.4 Å². The molecule has 8 heteroatoms. The van der Waals surface area contributed by atoms with E-state index in [1.165, 1.54) is 0 Å². The number of amides is 3. The molecule has 0 unspecified atom stereocenters. The van der Waals surface area contributed by atoms with E-state index in [0.717, 1.165) is 33.7 Å². The summed E-state index contributed by atoms with van der Waals surface area (Å²) in [5.74, 6) is -1.34. The van der Waals surface area contributed by atoms with E-state index in [9.17, 15) is 14.4 Å². The maximum atomic E-state index is 12.3. The first-order valence-corrected chi connectivity index (χ1v) is 11.4. The van der Waals surface area contributed by atoms with E-state index in [4.69, 9.17) is 0 Å². The van der Waals surface area contributed by atoms with E-state index >= 15 is 0 Å². The summed E-state index contributed by atoms with van der Waals surface area (Å²) in [7, 11) is 0. The number of carbonyl (C=O) groups is 3. The first-order valence-electron chi connectivity index (χ1n) is 9.61. The van der Waals surface area contributed by atoms with Crippen molar-refractivity contribution >= 4 is 51.8 Å². The van der Waals surface area contributed by atoms with Gasteiger partial charge in [0.1, 0.15) is 0 Å². The Labute approximate surface area is 182 Å². The van der Waals surface area contributed by atoms with Crippen molar-refractivity contribution in [2.45, 2.75) is 26.3 Å². The van der Waals surface area contributed by atoms with Crippen LogP contribution in [0.15, 0.2) is 46.5 Å². The largest absolute Gasteiger partial charge is 0.343 e. The lowest BCUT2D eigenvalue weighted by Gasteiger charge is -2.19. The zero-order valence-corrected chi connectivity index (χ0v) is 18.1. The van der Waals surface area contributed by atoms with Crippen molar-refractivity contribution in [3.05, 3.63) is 56.9 Å². The van der Waals surface area contributed by atoms with Crippen LogP contribution in [-0.2, 0) is 20.9 Å². The predicted molar refractivity (Wildman–Crippen MR) is 121 cm³/mol. The van der Waals surface area contributed by atoms with Gasteiger partial charge in [0.2, 0.25) is 5.91 Å². The number of nitrogens with zero attached hydrogens (tertiary/aromatic N) is 1. The Kier molecular flexibility index (Phi) is 5.96. The van der Waals surface area contributed by atoms with Gasteiger partial charge >= 0.3 is 11.8 Å². The van der Waals surface area contributed by atoms with Gasteiger partial charge in [-0.3, -0.25) is 14.4 Å². The second kappa shape index (κ2) is 8.81. The summed E-state index contributed by atoms with van der Waals surface area (Å²) in [5.41, 5.74) is 4.48. The molecule has 3 heterocycles. The van der Waals surface area contributed by atoms with Gasteiger partial charge in [0, 0.05) is 29.2 Å². The molecule has 0 atom stereocenters. The van der Waals surface area contributed by atoms with Gasteiger partial charge < -0.3 is 15.5 Å². The summed E-state index contributed by atoms with van der Waals surface area (Å²) in [4.78, 5) is 39.3. The van der Waals surface area contributed by atoms with E-state index in [1.807, 2.05) is 35.9 Å². The molecule has 2 N–H and O–H groups in total. The molecule has 1 aliphatic heterocycles. The lowest BCUT2D eigenvalue weighted by atomic mass is 10.1. The average molecular weight is 440 g/mol. The van der Waals surface area contributed by atoms with Crippen molar-refractivity contribution in [1.82, 2.24) is 5.32 Å². The molecule has 30 heavy (non-hydrogen) atoms. The average Bonchev–Trinajstić information content (AvgIpc) is 3.49. The number of carbonyl (C=O) groups excluding carboxylic acids is 3. The fourth-order valence-electron chi connectivity index (χ4n) is 3.37. The number of anilines is 2. The third-order valence-corrected chi connectivity index (χ3v) is 6.59. The van der Waals surface area contributed by atoms with Crippen molar-refractivity contribution in [3.8, 4) is 11.1 Å². The summed E-state index contributed by atoms with van der Waals surface area (Å²) < 4.78 is 0. The van der Waals surface area contributed by atoms with Gasteiger partial charge in [-0.1, -0.05) is 6.07 Å². The number of benzene rings is 1. The molecular weight excluding hydrogens is 418 g/mol.